The molecule has 2 rings (SSSR count). The van der Waals surface area contributed by atoms with Crippen LogP contribution in [0.4, 0.5) is 5.69 Å². The van der Waals surface area contributed by atoms with Crippen LogP contribution >= 0.6 is 0 Å². The second kappa shape index (κ2) is 4.62. The van der Waals surface area contributed by atoms with E-state index in [2.05, 4.69) is 4.98 Å². The highest BCUT2D eigenvalue weighted by Crippen LogP contribution is 2.22. The maximum atomic E-state index is 11.0. The van der Waals surface area contributed by atoms with Gasteiger partial charge in [0.2, 0.25) is 0 Å². The third-order valence-electron chi connectivity index (χ3n) is 2.35. The number of rotatable bonds is 3. The summed E-state index contributed by atoms with van der Waals surface area (Å²) in [7, 11) is 0. The molecule has 0 unspecified atom stereocenters. The third kappa shape index (κ3) is 2.32. The normalized spacial score (nSPS) is 10.0. The molecule has 0 bridgehead atoms. The molecule has 6 nitrogen and oxygen atoms in total. The number of hydrogen-bond acceptors (Lipinski definition) is 4. The molecule has 18 heavy (non-hydrogen) atoms. The first-order valence-corrected chi connectivity index (χ1v) is 5.09. The number of hydrogen-bond donors (Lipinski definition) is 1. The van der Waals surface area contributed by atoms with Gasteiger partial charge in [0.1, 0.15) is 5.69 Å². The fourth-order valence-electron chi connectivity index (χ4n) is 1.51. The van der Waals surface area contributed by atoms with E-state index in [1.165, 1.54) is 18.2 Å². The van der Waals surface area contributed by atoms with Gasteiger partial charge in [-0.25, -0.2) is 4.98 Å². The number of non-ortho nitro benzene ring substituents is 1. The van der Waals surface area contributed by atoms with Gasteiger partial charge in [-0.3, -0.25) is 14.9 Å². The molecule has 1 aromatic heterocycles. The van der Waals surface area contributed by atoms with Gasteiger partial charge in [-0.15, -0.1) is 0 Å². The number of nitro groups is 1. The Balaban J connectivity index is 2.48. The molecule has 0 aliphatic carbocycles. The van der Waals surface area contributed by atoms with Crippen LogP contribution in [0.1, 0.15) is 10.5 Å². The predicted octanol–water partition coefficient (Wildman–Crippen LogP) is 1.76. The molecule has 90 valence electrons. The maximum Gasteiger partial charge on any atom is 0.270 e. The van der Waals surface area contributed by atoms with Crippen molar-refractivity contribution in [3.63, 3.8) is 0 Å². The molecule has 2 N–H and O–H groups in total. The number of nitrogens with zero attached hydrogens (tertiary/aromatic N) is 2. The fourth-order valence-corrected chi connectivity index (χ4v) is 1.51. The summed E-state index contributed by atoms with van der Waals surface area (Å²) in [6.45, 7) is 0. The summed E-state index contributed by atoms with van der Waals surface area (Å²) in [4.78, 5) is 25.2. The van der Waals surface area contributed by atoms with Crippen molar-refractivity contribution in [1.29, 1.82) is 0 Å². The van der Waals surface area contributed by atoms with E-state index in [0.717, 1.165) is 0 Å². The number of carbonyl (C=O) groups is 1. The molecule has 0 aliphatic rings. The average Bonchev–Trinajstić information content (AvgIpc) is 2.39. The summed E-state index contributed by atoms with van der Waals surface area (Å²) in [6.07, 6.45) is 0. The van der Waals surface area contributed by atoms with Crippen molar-refractivity contribution in [1.82, 2.24) is 4.98 Å². The molecule has 0 spiro atoms. The number of pyridine rings is 1. The number of aromatic nitrogens is 1. The number of nitro benzene ring substituents is 1. The van der Waals surface area contributed by atoms with Crippen molar-refractivity contribution in [2.45, 2.75) is 0 Å². The molecular formula is C12H9N3O3. The lowest BCUT2D eigenvalue weighted by molar-refractivity contribution is -0.384. The van der Waals surface area contributed by atoms with E-state index >= 15 is 0 Å². The second-order valence-corrected chi connectivity index (χ2v) is 3.58. The van der Waals surface area contributed by atoms with E-state index in [-0.39, 0.29) is 11.4 Å². The molecule has 6 heteroatoms. The zero-order valence-corrected chi connectivity index (χ0v) is 9.24. The summed E-state index contributed by atoms with van der Waals surface area (Å²) in [5.74, 6) is -0.637. The standard InChI is InChI=1S/C12H9N3O3/c13-12(16)11-6-2-5-10(14-11)8-3-1-4-9(7-8)15(17)18/h1-7H,(H2,13,16). The van der Waals surface area contributed by atoms with Crippen LogP contribution in [0.5, 0.6) is 0 Å². The molecule has 1 heterocycles. The van der Waals surface area contributed by atoms with Gasteiger partial charge in [-0.1, -0.05) is 18.2 Å². The minimum atomic E-state index is -0.637. The van der Waals surface area contributed by atoms with Gasteiger partial charge in [0.25, 0.3) is 11.6 Å². The molecular weight excluding hydrogens is 234 g/mol. The van der Waals surface area contributed by atoms with Crippen molar-refractivity contribution in [3.05, 3.63) is 58.3 Å². The van der Waals surface area contributed by atoms with Gasteiger partial charge in [0.05, 0.1) is 10.6 Å². The Labute approximate surface area is 102 Å². The van der Waals surface area contributed by atoms with E-state index < -0.39 is 10.8 Å². The van der Waals surface area contributed by atoms with Crippen LogP contribution in [0.15, 0.2) is 42.5 Å². The van der Waals surface area contributed by atoms with E-state index in [1.807, 2.05) is 0 Å². The molecule has 2 aromatic rings. The molecule has 0 radical (unpaired) electrons. The SMILES string of the molecule is NC(=O)c1cccc(-c2cccc([N+](=O)[O-])c2)n1. The third-order valence-corrected chi connectivity index (χ3v) is 2.35. The lowest BCUT2D eigenvalue weighted by Gasteiger charge is -2.02. The van der Waals surface area contributed by atoms with E-state index in [9.17, 15) is 14.9 Å². The Hall–Kier alpha value is -2.76. The molecule has 0 saturated heterocycles. The van der Waals surface area contributed by atoms with Crippen molar-refractivity contribution >= 4 is 11.6 Å². The summed E-state index contributed by atoms with van der Waals surface area (Å²) in [5.41, 5.74) is 6.25. The Morgan fingerprint density at radius 3 is 2.61 bits per heavy atom. The summed E-state index contributed by atoms with van der Waals surface area (Å²) in [5, 5.41) is 10.7. The molecule has 0 fully saturated rings. The van der Waals surface area contributed by atoms with Crippen molar-refractivity contribution < 1.29 is 9.72 Å². The molecule has 0 atom stereocenters. The number of nitrogens with two attached hydrogens (primary N) is 1. The van der Waals surface area contributed by atoms with Crippen LogP contribution in [0.25, 0.3) is 11.3 Å². The van der Waals surface area contributed by atoms with Crippen LogP contribution in [0.2, 0.25) is 0 Å². The molecule has 0 aliphatic heterocycles. The smallest absolute Gasteiger partial charge is 0.270 e. The topological polar surface area (TPSA) is 99.1 Å². The zero-order chi connectivity index (χ0) is 13.1. The van der Waals surface area contributed by atoms with Gasteiger partial charge in [0.15, 0.2) is 0 Å². The molecule has 1 amide bonds. The summed E-state index contributed by atoms with van der Waals surface area (Å²) < 4.78 is 0. The van der Waals surface area contributed by atoms with E-state index in [0.29, 0.717) is 11.3 Å². The number of primary amides is 1. The van der Waals surface area contributed by atoms with Gasteiger partial charge < -0.3 is 5.73 Å². The van der Waals surface area contributed by atoms with E-state index in [1.54, 1.807) is 24.3 Å². The average molecular weight is 243 g/mol. The number of carbonyl (C=O) groups excluding carboxylic acids is 1. The monoisotopic (exact) mass is 243 g/mol. The van der Waals surface area contributed by atoms with Gasteiger partial charge >= 0.3 is 0 Å². The lowest BCUT2D eigenvalue weighted by Crippen LogP contribution is -2.13. The Morgan fingerprint density at radius 2 is 1.94 bits per heavy atom. The van der Waals surface area contributed by atoms with Crippen LogP contribution in [-0.4, -0.2) is 15.8 Å². The predicted molar refractivity (Wildman–Crippen MR) is 64.8 cm³/mol. The molecule has 1 aromatic carbocycles. The van der Waals surface area contributed by atoms with Crippen LogP contribution in [0, 0.1) is 10.1 Å². The van der Waals surface area contributed by atoms with Crippen molar-refractivity contribution in [2.75, 3.05) is 0 Å². The fraction of sp³-hybridized carbons (Fsp3) is 0. The van der Waals surface area contributed by atoms with Gasteiger partial charge in [-0.05, 0) is 12.1 Å². The Morgan fingerprint density at radius 1 is 1.22 bits per heavy atom. The first-order chi connectivity index (χ1) is 8.58. The second-order valence-electron chi connectivity index (χ2n) is 3.58. The largest absolute Gasteiger partial charge is 0.364 e. The highest BCUT2D eigenvalue weighted by Gasteiger charge is 2.09. The van der Waals surface area contributed by atoms with Crippen molar-refractivity contribution in [2.24, 2.45) is 5.73 Å². The van der Waals surface area contributed by atoms with Gasteiger partial charge in [0, 0.05) is 17.7 Å². The quantitative estimate of drug-likeness (QED) is 0.655. The molecule has 0 saturated carbocycles. The van der Waals surface area contributed by atoms with Crippen LogP contribution in [0.3, 0.4) is 0 Å². The Bertz CT molecular complexity index is 570. The zero-order valence-electron chi connectivity index (χ0n) is 9.24. The number of amides is 1. The van der Waals surface area contributed by atoms with Crippen LogP contribution < -0.4 is 5.73 Å². The van der Waals surface area contributed by atoms with E-state index in [4.69, 9.17) is 5.73 Å². The highest BCUT2D eigenvalue weighted by molar-refractivity contribution is 5.91. The minimum absolute atomic E-state index is 0.0289. The first kappa shape index (κ1) is 11.7. The lowest BCUT2D eigenvalue weighted by atomic mass is 10.1. The maximum absolute atomic E-state index is 11.0. The summed E-state index contributed by atoms with van der Waals surface area (Å²) in [6, 6.07) is 10.8. The van der Waals surface area contributed by atoms with Crippen LogP contribution in [-0.2, 0) is 0 Å². The Kier molecular flexibility index (Phi) is 3.01. The van der Waals surface area contributed by atoms with Gasteiger partial charge in [-0.2, -0.15) is 0 Å². The minimum Gasteiger partial charge on any atom is -0.364 e. The van der Waals surface area contributed by atoms with Crippen molar-refractivity contribution in [3.8, 4) is 11.3 Å². The number of benzene rings is 1. The summed E-state index contributed by atoms with van der Waals surface area (Å²) >= 11 is 0. The first-order valence-electron chi connectivity index (χ1n) is 5.09. The highest BCUT2D eigenvalue weighted by atomic mass is 16.6.